The van der Waals surface area contributed by atoms with Crippen molar-refractivity contribution in [2.75, 3.05) is 32.8 Å². The van der Waals surface area contributed by atoms with Gasteiger partial charge in [-0.25, -0.2) is 0 Å². The van der Waals surface area contributed by atoms with E-state index in [4.69, 9.17) is 10.5 Å². The third kappa shape index (κ3) is 5.83. The van der Waals surface area contributed by atoms with E-state index in [0.717, 1.165) is 32.7 Å². The van der Waals surface area contributed by atoms with Crippen molar-refractivity contribution in [3.8, 4) is 0 Å². The molecule has 0 saturated carbocycles. The fourth-order valence-electron chi connectivity index (χ4n) is 2.24. The van der Waals surface area contributed by atoms with E-state index in [0.29, 0.717) is 6.10 Å². The molecule has 0 spiro atoms. The van der Waals surface area contributed by atoms with Crippen LogP contribution in [0.1, 0.15) is 45.4 Å². The summed E-state index contributed by atoms with van der Waals surface area (Å²) in [6, 6.07) is 0. The van der Waals surface area contributed by atoms with Crippen molar-refractivity contribution < 1.29 is 4.74 Å². The van der Waals surface area contributed by atoms with Crippen LogP contribution in [0.5, 0.6) is 0 Å². The van der Waals surface area contributed by atoms with Crippen LogP contribution in [0, 0.1) is 0 Å². The lowest BCUT2D eigenvalue weighted by atomic mass is 10.1. The molecule has 0 aromatic rings. The predicted molar refractivity (Wildman–Crippen MR) is 68.6 cm³/mol. The molecule has 1 aliphatic heterocycles. The zero-order valence-electron chi connectivity index (χ0n) is 10.8. The summed E-state index contributed by atoms with van der Waals surface area (Å²) >= 11 is 0. The Morgan fingerprint density at radius 2 is 1.94 bits per heavy atom. The highest BCUT2D eigenvalue weighted by Crippen LogP contribution is 2.10. The van der Waals surface area contributed by atoms with Crippen molar-refractivity contribution in [2.24, 2.45) is 5.73 Å². The van der Waals surface area contributed by atoms with Gasteiger partial charge in [0.2, 0.25) is 0 Å². The number of unbranched alkanes of at least 4 members (excludes halogenated alkanes) is 4. The molecule has 0 aromatic heterocycles. The van der Waals surface area contributed by atoms with Gasteiger partial charge in [0.25, 0.3) is 0 Å². The van der Waals surface area contributed by atoms with Gasteiger partial charge < -0.3 is 10.5 Å². The van der Waals surface area contributed by atoms with Crippen LogP contribution in [0.15, 0.2) is 0 Å². The SMILES string of the molecule is CCC1CN(CCCCCCCN)CCO1. The van der Waals surface area contributed by atoms with Crippen LogP contribution in [-0.4, -0.2) is 43.8 Å². The van der Waals surface area contributed by atoms with E-state index in [9.17, 15) is 0 Å². The van der Waals surface area contributed by atoms with Gasteiger partial charge >= 0.3 is 0 Å². The van der Waals surface area contributed by atoms with Gasteiger partial charge in [-0.15, -0.1) is 0 Å². The lowest BCUT2D eigenvalue weighted by Crippen LogP contribution is -2.42. The average Bonchev–Trinajstić information content (AvgIpc) is 2.34. The van der Waals surface area contributed by atoms with E-state index in [2.05, 4.69) is 11.8 Å². The van der Waals surface area contributed by atoms with Crippen LogP contribution in [0.2, 0.25) is 0 Å². The minimum Gasteiger partial charge on any atom is -0.376 e. The molecule has 3 heteroatoms. The molecule has 0 radical (unpaired) electrons. The lowest BCUT2D eigenvalue weighted by molar-refractivity contribution is -0.0299. The molecule has 0 amide bonds. The Hall–Kier alpha value is -0.120. The van der Waals surface area contributed by atoms with E-state index in [1.165, 1.54) is 38.6 Å². The highest BCUT2D eigenvalue weighted by molar-refractivity contribution is 4.70. The molecule has 1 heterocycles. The molecular weight excluding hydrogens is 200 g/mol. The molecule has 0 bridgehead atoms. The maximum atomic E-state index is 5.66. The first kappa shape index (κ1) is 13.9. The number of hydrogen-bond donors (Lipinski definition) is 1. The van der Waals surface area contributed by atoms with Crippen molar-refractivity contribution in [1.29, 1.82) is 0 Å². The number of rotatable bonds is 8. The molecule has 0 aromatic carbocycles. The number of nitrogens with zero attached hydrogens (tertiary/aromatic N) is 1. The minimum absolute atomic E-state index is 0.478. The maximum absolute atomic E-state index is 5.66. The summed E-state index contributed by atoms with van der Waals surface area (Å²) < 4.78 is 5.66. The Labute approximate surface area is 100 Å². The van der Waals surface area contributed by atoms with Crippen molar-refractivity contribution in [3.63, 3.8) is 0 Å². The van der Waals surface area contributed by atoms with E-state index in [1.54, 1.807) is 0 Å². The largest absolute Gasteiger partial charge is 0.376 e. The zero-order valence-corrected chi connectivity index (χ0v) is 10.8. The molecule has 2 N–H and O–H groups in total. The van der Waals surface area contributed by atoms with Gasteiger partial charge in [-0.05, 0) is 32.4 Å². The third-order valence-corrected chi connectivity index (χ3v) is 3.36. The second kappa shape index (κ2) is 8.97. The molecule has 96 valence electrons. The molecule has 1 aliphatic rings. The number of nitrogens with two attached hydrogens (primary N) is 1. The Balaban J connectivity index is 1.95. The molecule has 1 atom stereocenters. The minimum atomic E-state index is 0.478. The monoisotopic (exact) mass is 228 g/mol. The third-order valence-electron chi connectivity index (χ3n) is 3.36. The van der Waals surface area contributed by atoms with Gasteiger partial charge in [-0.1, -0.05) is 26.2 Å². The fourth-order valence-corrected chi connectivity index (χ4v) is 2.24. The van der Waals surface area contributed by atoms with Crippen LogP contribution in [0.4, 0.5) is 0 Å². The highest BCUT2D eigenvalue weighted by Gasteiger charge is 2.17. The number of ether oxygens (including phenoxy) is 1. The number of morpholine rings is 1. The smallest absolute Gasteiger partial charge is 0.0700 e. The maximum Gasteiger partial charge on any atom is 0.0700 e. The molecule has 0 aliphatic carbocycles. The molecular formula is C13H28N2O. The molecule has 1 fully saturated rings. The van der Waals surface area contributed by atoms with Crippen LogP contribution in [0.3, 0.4) is 0 Å². The zero-order chi connectivity index (χ0) is 11.6. The first-order chi connectivity index (χ1) is 7.86. The summed E-state index contributed by atoms with van der Waals surface area (Å²) in [4.78, 5) is 2.56. The topological polar surface area (TPSA) is 38.5 Å². The quantitative estimate of drug-likeness (QED) is 0.646. The van der Waals surface area contributed by atoms with Gasteiger partial charge in [0.1, 0.15) is 0 Å². The van der Waals surface area contributed by atoms with Gasteiger partial charge in [-0.3, -0.25) is 4.90 Å². The Morgan fingerprint density at radius 1 is 1.19 bits per heavy atom. The summed E-state index contributed by atoms with van der Waals surface area (Å²) in [5.74, 6) is 0. The van der Waals surface area contributed by atoms with Crippen LogP contribution < -0.4 is 5.73 Å². The second-order valence-corrected chi connectivity index (χ2v) is 4.76. The lowest BCUT2D eigenvalue weighted by Gasteiger charge is -2.32. The van der Waals surface area contributed by atoms with Gasteiger partial charge in [0.15, 0.2) is 0 Å². The fraction of sp³-hybridized carbons (Fsp3) is 1.00. The summed E-state index contributed by atoms with van der Waals surface area (Å²) in [6.45, 7) is 7.50. The molecule has 16 heavy (non-hydrogen) atoms. The summed E-state index contributed by atoms with van der Waals surface area (Å²) in [7, 11) is 0. The van der Waals surface area contributed by atoms with Gasteiger partial charge in [0.05, 0.1) is 12.7 Å². The normalized spacial score (nSPS) is 22.5. The predicted octanol–water partition coefficient (Wildman–Crippen LogP) is 2.01. The van der Waals surface area contributed by atoms with Crippen molar-refractivity contribution in [2.45, 2.75) is 51.6 Å². The molecule has 1 rings (SSSR count). The second-order valence-electron chi connectivity index (χ2n) is 4.76. The molecule has 1 unspecified atom stereocenters. The number of hydrogen-bond acceptors (Lipinski definition) is 3. The first-order valence-electron chi connectivity index (χ1n) is 6.90. The molecule has 1 saturated heterocycles. The highest BCUT2D eigenvalue weighted by atomic mass is 16.5. The average molecular weight is 228 g/mol. The van der Waals surface area contributed by atoms with Crippen molar-refractivity contribution >= 4 is 0 Å². The standard InChI is InChI=1S/C13H28N2O/c1-2-13-12-15(10-11-16-13)9-7-5-3-4-6-8-14/h13H,2-12,14H2,1H3. The van der Waals surface area contributed by atoms with Crippen molar-refractivity contribution in [1.82, 2.24) is 4.90 Å². The van der Waals surface area contributed by atoms with E-state index < -0.39 is 0 Å². The molecule has 3 nitrogen and oxygen atoms in total. The van der Waals surface area contributed by atoms with Gasteiger partial charge in [0, 0.05) is 13.1 Å². The van der Waals surface area contributed by atoms with E-state index in [1.807, 2.05) is 0 Å². The van der Waals surface area contributed by atoms with Crippen LogP contribution >= 0.6 is 0 Å². The Bertz CT molecular complexity index is 164. The Morgan fingerprint density at radius 3 is 2.69 bits per heavy atom. The van der Waals surface area contributed by atoms with Crippen LogP contribution in [-0.2, 0) is 4.74 Å². The summed E-state index contributed by atoms with van der Waals surface area (Å²) in [5.41, 5.74) is 5.47. The Kier molecular flexibility index (Phi) is 7.81. The first-order valence-corrected chi connectivity index (χ1v) is 6.90. The van der Waals surface area contributed by atoms with E-state index in [-0.39, 0.29) is 0 Å². The van der Waals surface area contributed by atoms with Crippen molar-refractivity contribution in [3.05, 3.63) is 0 Å². The van der Waals surface area contributed by atoms with E-state index >= 15 is 0 Å². The van der Waals surface area contributed by atoms with Crippen LogP contribution in [0.25, 0.3) is 0 Å². The summed E-state index contributed by atoms with van der Waals surface area (Å²) in [6.07, 6.45) is 8.15. The summed E-state index contributed by atoms with van der Waals surface area (Å²) in [5, 5.41) is 0. The van der Waals surface area contributed by atoms with Gasteiger partial charge in [-0.2, -0.15) is 0 Å².